The third-order valence-electron chi connectivity index (χ3n) is 6.87. The van der Waals surface area contributed by atoms with E-state index in [1.54, 1.807) is 5.57 Å². The molecule has 1 atom stereocenters. The minimum Gasteiger partial charge on any atom is -0.253 e. The van der Waals surface area contributed by atoms with Crippen molar-refractivity contribution < 1.29 is 0 Å². The van der Waals surface area contributed by atoms with Gasteiger partial charge < -0.3 is 0 Å². The summed E-state index contributed by atoms with van der Waals surface area (Å²) in [6.07, 6.45) is 16.9. The van der Waals surface area contributed by atoms with Crippen LogP contribution in [0.1, 0.15) is 89.5 Å². The first kappa shape index (κ1) is 16.2. The smallest absolute Gasteiger partial charge is 0.0708 e. The van der Waals surface area contributed by atoms with E-state index in [4.69, 9.17) is 5.32 Å². The number of allylic oxidation sites excluding steroid dienone is 2. The van der Waals surface area contributed by atoms with E-state index in [9.17, 15) is 0 Å². The Labute approximate surface area is 147 Å². The molecule has 1 aromatic carbocycles. The predicted octanol–water partition coefficient (Wildman–Crippen LogP) is 6.98. The van der Waals surface area contributed by atoms with E-state index >= 15 is 0 Å². The summed E-state index contributed by atoms with van der Waals surface area (Å²) in [4.78, 5) is 0. The third-order valence-corrected chi connectivity index (χ3v) is 6.87. The fourth-order valence-corrected chi connectivity index (χ4v) is 5.45. The van der Waals surface area contributed by atoms with Gasteiger partial charge in [-0.15, -0.1) is 0 Å². The van der Waals surface area contributed by atoms with Gasteiger partial charge in [0.05, 0.1) is 5.69 Å². The van der Waals surface area contributed by atoms with E-state index in [1.165, 1.54) is 94.0 Å². The quantitative estimate of drug-likeness (QED) is 0.529. The summed E-state index contributed by atoms with van der Waals surface area (Å²) in [5.41, 5.74) is 6.20. The number of benzene rings is 1. The Morgan fingerprint density at radius 1 is 0.875 bits per heavy atom. The van der Waals surface area contributed by atoms with Gasteiger partial charge in [0.2, 0.25) is 0 Å². The van der Waals surface area contributed by atoms with Crippen LogP contribution in [0.15, 0.2) is 30.0 Å². The Morgan fingerprint density at radius 2 is 1.50 bits per heavy atom. The predicted molar refractivity (Wildman–Crippen MR) is 102 cm³/mol. The van der Waals surface area contributed by atoms with Gasteiger partial charge in [-0.25, -0.2) is 0 Å². The molecule has 2 aliphatic carbocycles. The standard InChI is InChI=1S/C23H32N/c1-23(16-10-6-4-2-3-5-7-11-17-23)19-14-15-21-22(19)18-12-8-9-13-20(18)24-21/h8-9,12-13,19H,2-7,10-11,14-17H2,1H3. The first-order valence-electron chi connectivity index (χ1n) is 10.3. The maximum Gasteiger partial charge on any atom is 0.0708 e. The maximum atomic E-state index is 4.96. The van der Waals surface area contributed by atoms with Crippen molar-refractivity contribution in [3.63, 3.8) is 0 Å². The van der Waals surface area contributed by atoms with Crippen LogP contribution in [0.4, 0.5) is 5.69 Å². The van der Waals surface area contributed by atoms with Gasteiger partial charge >= 0.3 is 0 Å². The molecule has 0 saturated heterocycles. The largest absolute Gasteiger partial charge is 0.253 e. The van der Waals surface area contributed by atoms with Gasteiger partial charge in [-0.2, -0.15) is 0 Å². The highest BCUT2D eigenvalue weighted by Crippen LogP contribution is 2.56. The summed E-state index contributed by atoms with van der Waals surface area (Å²) in [7, 11) is 0. The molecule has 0 amide bonds. The van der Waals surface area contributed by atoms with Gasteiger partial charge in [0, 0.05) is 11.3 Å². The van der Waals surface area contributed by atoms with Gasteiger partial charge in [0.15, 0.2) is 0 Å². The second-order valence-electron chi connectivity index (χ2n) is 8.56. The highest BCUT2D eigenvalue weighted by molar-refractivity contribution is 5.84. The normalized spacial score (nSPS) is 27.1. The molecule has 1 aromatic rings. The van der Waals surface area contributed by atoms with Gasteiger partial charge in [-0.3, -0.25) is 5.32 Å². The molecule has 1 heteroatoms. The number of nitrogens with zero attached hydrogens (tertiary/aromatic N) is 1. The summed E-state index contributed by atoms with van der Waals surface area (Å²) in [6, 6.07) is 8.84. The van der Waals surface area contributed by atoms with Crippen LogP contribution in [0.2, 0.25) is 0 Å². The number of hydrogen-bond acceptors (Lipinski definition) is 0. The van der Waals surface area contributed by atoms with Crippen molar-refractivity contribution in [2.45, 2.75) is 84.0 Å². The van der Waals surface area contributed by atoms with Crippen LogP contribution in [-0.2, 0) is 0 Å². The van der Waals surface area contributed by atoms with Crippen molar-refractivity contribution in [2.24, 2.45) is 11.3 Å². The Balaban J connectivity index is 1.58. The average molecular weight is 323 g/mol. The SMILES string of the molecule is CC1(C2CCC3=C2c2ccccc2[N]3)CCCCCCCCCC1. The highest BCUT2D eigenvalue weighted by atomic mass is 14.9. The minimum atomic E-state index is 0.481. The van der Waals surface area contributed by atoms with Crippen molar-refractivity contribution in [3.05, 3.63) is 35.5 Å². The van der Waals surface area contributed by atoms with Crippen LogP contribution in [0, 0.1) is 11.3 Å². The second kappa shape index (κ2) is 6.94. The fraction of sp³-hybridized carbons (Fsp3) is 0.652. The Hall–Kier alpha value is -1.24. The lowest BCUT2D eigenvalue weighted by Gasteiger charge is -2.38. The molecule has 1 nitrogen and oxygen atoms in total. The Bertz CT molecular complexity index is 600. The lowest BCUT2D eigenvalue weighted by molar-refractivity contribution is 0.182. The van der Waals surface area contributed by atoms with Crippen molar-refractivity contribution >= 4 is 11.3 Å². The van der Waals surface area contributed by atoms with Crippen LogP contribution >= 0.6 is 0 Å². The zero-order valence-electron chi connectivity index (χ0n) is 15.3. The summed E-state index contributed by atoms with van der Waals surface area (Å²) >= 11 is 0. The van der Waals surface area contributed by atoms with Crippen LogP contribution in [-0.4, -0.2) is 0 Å². The Morgan fingerprint density at radius 3 is 2.21 bits per heavy atom. The molecule has 129 valence electrons. The third kappa shape index (κ3) is 3.03. The summed E-state index contributed by atoms with van der Waals surface area (Å²) in [5.74, 6) is 0.737. The van der Waals surface area contributed by atoms with Crippen molar-refractivity contribution in [3.8, 4) is 0 Å². The van der Waals surface area contributed by atoms with Crippen molar-refractivity contribution in [1.82, 2.24) is 5.32 Å². The summed E-state index contributed by atoms with van der Waals surface area (Å²) in [5, 5.41) is 4.96. The molecule has 0 spiro atoms. The van der Waals surface area contributed by atoms with E-state index in [-0.39, 0.29) is 0 Å². The molecule has 0 bridgehead atoms. The van der Waals surface area contributed by atoms with Crippen LogP contribution < -0.4 is 5.32 Å². The number of para-hydroxylation sites is 1. The monoisotopic (exact) mass is 322 g/mol. The average Bonchev–Trinajstić information content (AvgIpc) is 3.14. The molecule has 0 aromatic heterocycles. The lowest BCUT2D eigenvalue weighted by atomic mass is 9.66. The molecular formula is C23H32N. The van der Waals surface area contributed by atoms with E-state index < -0.39 is 0 Å². The highest BCUT2D eigenvalue weighted by Gasteiger charge is 2.43. The zero-order valence-corrected chi connectivity index (χ0v) is 15.3. The molecule has 1 unspecified atom stereocenters. The number of hydrogen-bond donors (Lipinski definition) is 0. The van der Waals surface area contributed by atoms with E-state index in [0.717, 1.165) is 5.92 Å². The van der Waals surface area contributed by atoms with Gasteiger partial charge in [0.1, 0.15) is 0 Å². The molecule has 24 heavy (non-hydrogen) atoms. The van der Waals surface area contributed by atoms with E-state index in [0.29, 0.717) is 5.41 Å². The topological polar surface area (TPSA) is 14.1 Å². The molecule has 1 aliphatic heterocycles. The number of rotatable bonds is 1. The number of fused-ring (bicyclic) bond motifs is 2. The molecule has 0 N–H and O–H groups in total. The van der Waals surface area contributed by atoms with Crippen LogP contribution in [0.3, 0.4) is 0 Å². The maximum absolute atomic E-state index is 4.96. The molecule has 1 radical (unpaired) electrons. The van der Waals surface area contributed by atoms with Gasteiger partial charge in [0.25, 0.3) is 0 Å². The van der Waals surface area contributed by atoms with Gasteiger partial charge in [-0.05, 0) is 48.7 Å². The zero-order chi connectivity index (χ0) is 16.4. The Kier molecular flexibility index (Phi) is 4.70. The van der Waals surface area contributed by atoms with Crippen molar-refractivity contribution in [1.29, 1.82) is 0 Å². The molecule has 1 fully saturated rings. The minimum absolute atomic E-state index is 0.481. The first-order valence-corrected chi connectivity index (χ1v) is 10.3. The van der Waals surface area contributed by atoms with Crippen molar-refractivity contribution in [2.75, 3.05) is 0 Å². The fourth-order valence-electron chi connectivity index (χ4n) is 5.45. The second-order valence-corrected chi connectivity index (χ2v) is 8.56. The first-order chi connectivity index (χ1) is 11.8. The molecule has 3 aliphatic rings. The lowest BCUT2D eigenvalue weighted by Crippen LogP contribution is -2.27. The molecule has 4 rings (SSSR count). The van der Waals surface area contributed by atoms with E-state index in [2.05, 4.69) is 31.2 Å². The van der Waals surface area contributed by atoms with Crippen LogP contribution in [0.25, 0.3) is 5.57 Å². The van der Waals surface area contributed by atoms with Crippen LogP contribution in [0.5, 0.6) is 0 Å². The molecule has 1 heterocycles. The van der Waals surface area contributed by atoms with Gasteiger partial charge in [-0.1, -0.05) is 76.5 Å². The summed E-state index contributed by atoms with van der Waals surface area (Å²) in [6.45, 7) is 2.60. The van der Waals surface area contributed by atoms with E-state index in [1.807, 2.05) is 0 Å². The molecule has 1 saturated carbocycles. The summed E-state index contributed by atoms with van der Waals surface area (Å²) < 4.78 is 0. The molecular weight excluding hydrogens is 290 g/mol.